The minimum Gasteiger partial charge on any atom is -0.381 e. The molecule has 2 amide bonds. The summed E-state index contributed by atoms with van der Waals surface area (Å²) in [5.41, 5.74) is 5.68. The van der Waals surface area contributed by atoms with Crippen molar-refractivity contribution in [1.82, 2.24) is 9.80 Å². The highest BCUT2D eigenvalue weighted by Gasteiger charge is 2.31. The van der Waals surface area contributed by atoms with E-state index < -0.39 is 0 Å². The van der Waals surface area contributed by atoms with Crippen LogP contribution in [-0.2, 0) is 4.74 Å². The number of piperidine rings is 1. The first-order valence-electron chi connectivity index (χ1n) is 5.31. The normalized spacial score (nSPS) is 26.5. The Morgan fingerprint density at radius 2 is 2.27 bits per heavy atom. The first kappa shape index (κ1) is 12.3. The van der Waals surface area contributed by atoms with Gasteiger partial charge in [-0.25, -0.2) is 4.79 Å². The third kappa shape index (κ3) is 2.82. The van der Waals surface area contributed by atoms with Gasteiger partial charge in [-0.05, 0) is 12.8 Å². The van der Waals surface area contributed by atoms with Gasteiger partial charge >= 0.3 is 6.03 Å². The number of rotatable bonds is 2. The summed E-state index contributed by atoms with van der Waals surface area (Å²) >= 11 is 0. The van der Waals surface area contributed by atoms with E-state index in [0.717, 1.165) is 19.4 Å². The fourth-order valence-electron chi connectivity index (χ4n) is 1.96. The fraction of sp³-hybridized carbons (Fsp3) is 0.900. The van der Waals surface area contributed by atoms with Crippen molar-refractivity contribution >= 4 is 6.03 Å². The molecular formula is C10H21N3O2. The Balaban J connectivity index is 2.62. The molecule has 1 saturated heterocycles. The van der Waals surface area contributed by atoms with Crippen LogP contribution in [0.3, 0.4) is 0 Å². The first-order valence-corrected chi connectivity index (χ1v) is 5.31. The molecule has 2 N–H and O–H groups in total. The van der Waals surface area contributed by atoms with Crippen molar-refractivity contribution in [2.24, 2.45) is 5.73 Å². The average Bonchev–Trinajstić information content (AvgIpc) is 2.27. The highest BCUT2D eigenvalue weighted by molar-refractivity contribution is 5.74. The zero-order valence-electron chi connectivity index (χ0n) is 9.77. The Morgan fingerprint density at radius 1 is 1.60 bits per heavy atom. The van der Waals surface area contributed by atoms with Crippen LogP contribution < -0.4 is 5.73 Å². The summed E-state index contributed by atoms with van der Waals surface area (Å²) in [5.74, 6) is 0. The Morgan fingerprint density at radius 3 is 2.73 bits per heavy atom. The van der Waals surface area contributed by atoms with E-state index in [1.54, 1.807) is 26.1 Å². The van der Waals surface area contributed by atoms with E-state index in [0.29, 0.717) is 6.54 Å². The van der Waals surface area contributed by atoms with E-state index in [1.165, 1.54) is 0 Å². The molecule has 0 aromatic rings. The van der Waals surface area contributed by atoms with E-state index >= 15 is 0 Å². The van der Waals surface area contributed by atoms with Gasteiger partial charge in [-0.2, -0.15) is 0 Å². The van der Waals surface area contributed by atoms with Gasteiger partial charge in [-0.3, -0.25) is 0 Å². The lowest BCUT2D eigenvalue weighted by Gasteiger charge is -2.39. The Bertz CT molecular complexity index is 221. The molecule has 1 aliphatic heterocycles. The molecular weight excluding hydrogens is 194 g/mol. The molecule has 1 heterocycles. The highest BCUT2D eigenvalue weighted by atomic mass is 16.5. The van der Waals surface area contributed by atoms with Gasteiger partial charge < -0.3 is 20.3 Å². The van der Waals surface area contributed by atoms with E-state index in [2.05, 4.69) is 0 Å². The molecule has 1 aliphatic rings. The zero-order chi connectivity index (χ0) is 11.4. The van der Waals surface area contributed by atoms with Gasteiger partial charge in [-0.1, -0.05) is 0 Å². The van der Waals surface area contributed by atoms with E-state index in [4.69, 9.17) is 10.5 Å². The van der Waals surface area contributed by atoms with Crippen molar-refractivity contribution in [3.05, 3.63) is 0 Å². The van der Waals surface area contributed by atoms with Gasteiger partial charge in [0.05, 0.1) is 6.10 Å². The molecule has 0 bridgehead atoms. The number of carbonyl (C=O) groups excluding carboxylic acids is 1. The van der Waals surface area contributed by atoms with Crippen LogP contribution in [0.5, 0.6) is 0 Å². The maximum Gasteiger partial charge on any atom is 0.319 e. The molecule has 5 nitrogen and oxygen atoms in total. The quantitative estimate of drug-likeness (QED) is 0.711. The molecule has 0 radical (unpaired) electrons. The Kier molecular flexibility index (Phi) is 4.35. The predicted octanol–water partition coefficient (Wildman–Crippen LogP) is 0.106. The van der Waals surface area contributed by atoms with Gasteiger partial charge in [0.1, 0.15) is 0 Å². The lowest BCUT2D eigenvalue weighted by Crippen LogP contribution is -2.53. The van der Waals surface area contributed by atoms with Gasteiger partial charge in [0.15, 0.2) is 0 Å². The SMILES string of the molecule is COC1CCN(C(=O)N(C)C)C(CN)C1. The monoisotopic (exact) mass is 215 g/mol. The lowest BCUT2D eigenvalue weighted by atomic mass is 10.00. The van der Waals surface area contributed by atoms with Crippen molar-refractivity contribution < 1.29 is 9.53 Å². The number of methoxy groups -OCH3 is 1. The summed E-state index contributed by atoms with van der Waals surface area (Å²) < 4.78 is 5.30. The summed E-state index contributed by atoms with van der Waals surface area (Å²) in [6, 6.07) is 0.151. The second-order valence-corrected chi connectivity index (χ2v) is 4.14. The minimum absolute atomic E-state index is 0.0417. The smallest absolute Gasteiger partial charge is 0.319 e. The van der Waals surface area contributed by atoms with Crippen LogP contribution in [-0.4, -0.2) is 62.3 Å². The Hall–Kier alpha value is -0.810. The minimum atomic E-state index is 0.0417. The molecule has 0 saturated carbocycles. The number of likely N-dealkylation sites (tertiary alicyclic amines) is 1. The molecule has 0 aliphatic carbocycles. The summed E-state index contributed by atoms with van der Waals surface area (Å²) in [6.07, 6.45) is 1.98. The second kappa shape index (κ2) is 5.32. The molecule has 0 aromatic carbocycles. The van der Waals surface area contributed by atoms with Gasteiger partial charge in [0.25, 0.3) is 0 Å². The number of urea groups is 1. The van der Waals surface area contributed by atoms with Crippen LogP contribution >= 0.6 is 0 Å². The van der Waals surface area contributed by atoms with Crippen molar-refractivity contribution in [3.8, 4) is 0 Å². The Labute approximate surface area is 91.2 Å². The number of ether oxygens (including phenoxy) is 1. The molecule has 15 heavy (non-hydrogen) atoms. The molecule has 0 spiro atoms. The third-order valence-electron chi connectivity index (χ3n) is 2.90. The van der Waals surface area contributed by atoms with Crippen molar-refractivity contribution in [2.45, 2.75) is 25.0 Å². The van der Waals surface area contributed by atoms with Gasteiger partial charge in [-0.15, -0.1) is 0 Å². The molecule has 0 aromatic heterocycles. The van der Waals surface area contributed by atoms with Crippen molar-refractivity contribution in [2.75, 3.05) is 34.3 Å². The third-order valence-corrected chi connectivity index (χ3v) is 2.90. The number of nitrogens with zero attached hydrogens (tertiary/aromatic N) is 2. The van der Waals surface area contributed by atoms with Crippen LogP contribution in [0.15, 0.2) is 0 Å². The summed E-state index contributed by atoms with van der Waals surface area (Å²) in [6.45, 7) is 1.23. The standard InChI is InChI=1S/C10H21N3O2/c1-12(2)10(14)13-5-4-9(15-3)6-8(13)7-11/h8-9H,4-7,11H2,1-3H3. The van der Waals surface area contributed by atoms with E-state index in [1.807, 2.05) is 4.90 Å². The van der Waals surface area contributed by atoms with E-state index in [9.17, 15) is 4.79 Å². The highest BCUT2D eigenvalue weighted by Crippen LogP contribution is 2.19. The van der Waals surface area contributed by atoms with Crippen LogP contribution in [0.1, 0.15) is 12.8 Å². The van der Waals surface area contributed by atoms with E-state index in [-0.39, 0.29) is 18.2 Å². The molecule has 2 unspecified atom stereocenters. The van der Waals surface area contributed by atoms with Crippen LogP contribution in [0.25, 0.3) is 0 Å². The summed E-state index contributed by atoms with van der Waals surface area (Å²) in [4.78, 5) is 15.3. The molecule has 2 atom stereocenters. The maximum absolute atomic E-state index is 11.8. The topological polar surface area (TPSA) is 58.8 Å². The summed E-state index contributed by atoms with van der Waals surface area (Å²) in [5, 5.41) is 0. The molecule has 1 rings (SSSR count). The number of carbonyl (C=O) groups is 1. The molecule has 88 valence electrons. The fourth-order valence-corrected chi connectivity index (χ4v) is 1.96. The second-order valence-electron chi connectivity index (χ2n) is 4.14. The van der Waals surface area contributed by atoms with Crippen LogP contribution in [0, 0.1) is 0 Å². The number of hydrogen-bond donors (Lipinski definition) is 1. The largest absolute Gasteiger partial charge is 0.381 e. The number of nitrogens with two attached hydrogens (primary N) is 1. The van der Waals surface area contributed by atoms with Gasteiger partial charge in [0, 0.05) is 40.3 Å². The molecule has 1 fully saturated rings. The van der Waals surface area contributed by atoms with Crippen LogP contribution in [0.2, 0.25) is 0 Å². The number of amides is 2. The van der Waals surface area contributed by atoms with Crippen molar-refractivity contribution in [3.63, 3.8) is 0 Å². The van der Waals surface area contributed by atoms with Gasteiger partial charge in [0.2, 0.25) is 0 Å². The lowest BCUT2D eigenvalue weighted by molar-refractivity contribution is 0.0228. The number of hydrogen-bond acceptors (Lipinski definition) is 3. The molecule has 5 heteroatoms. The zero-order valence-corrected chi connectivity index (χ0v) is 9.77. The van der Waals surface area contributed by atoms with Crippen LogP contribution in [0.4, 0.5) is 4.79 Å². The average molecular weight is 215 g/mol. The first-order chi connectivity index (χ1) is 7.10. The predicted molar refractivity (Wildman–Crippen MR) is 58.7 cm³/mol. The van der Waals surface area contributed by atoms with Crippen molar-refractivity contribution in [1.29, 1.82) is 0 Å². The maximum atomic E-state index is 11.8. The summed E-state index contributed by atoms with van der Waals surface area (Å²) in [7, 11) is 5.23.